The molecule has 2 amide bonds. The van der Waals surface area contributed by atoms with E-state index in [0.717, 1.165) is 50.1 Å². The summed E-state index contributed by atoms with van der Waals surface area (Å²) in [5, 5.41) is 6.09. The molecule has 6 nitrogen and oxygen atoms in total. The summed E-state index contributed by atoms with van der Waals surface area (Å²) in [6.07, 6.45) is 11.4. The SMILES string of the molecule is O=C(NCCc1cn2ccccc2n1)N[C@@H]1CCOC2(CCCC2)C1. The predicted molar refractivity (Wildman–Crippen MR) is 95.6 cm³/mol. The zero-order valence-electron chi connectivity index (χ0n) is 14.5. The second-order valence-electron chi connectivity index (χ2n) is 7.28. The van der Waals surface area contributed by atoms with Crippen LogP contribution in [-0.2, 0) is 11.2 Å². The summed E-state index contributed by atoms with van der Waals surface area (Å²) in [4.78, 5) is 16.7. The van der Waals surface area contributed by atoms with Gasteiger partial charge in [-0.15, -0.1) is 0 Å². The Morgan fingerprint density at radius 2 is 2.24 bits per heavy atom. The number of amides is 2. The van der Waals surface area contributed by atoms with Crippen LogP contribution in [0.3, 0.4) is 0 Å². The first kappa shape index (κ1) is 16.4. The van der Waals surface area contributed by atoms with Crippen molar-refractivity contribution in [2.24, 2.45) is 0 Å². The fourth-order valence-electron chi connectivity index (χ4n) is 4.17. The van der Waals surface area contributed by atoms with Crippen LogP contribution in [0.2, 0.25) is 0 Å². The zero-order valence-corrected chi connectivity index (χ0v) is 14.5. The molecule has 1 spiro atoms. The minimum absolute atomic E-state index is 0.0345. The summed E-state index contributed by atoms with van der Waals surface area (Å²) < 4.78 is 8.02. The number of nitrogens with one attached hydrogen (secondary N) is 2. The van der Waals surface area contributed by atoms with Crippen molar-refractivity contribution in [3.05, 3.63) is 36.3 Å². The van der Waals surface area contributed by atoms with Crippen molar-refractivity contribution in [1.82, 2.24) is 20.0 Å². The maximum atomic E-state index is 12.2. The molecule has 1 saturated heterocycles. The summed E-state index contributed by atoms with van der Waals surface area (Å²) in [7, 11) is 0. The Morgan fingerprint density at radius 1 is 1.36 bits per heavy atom. The van der Waals surface area contributed by atoms with E-state index in [4.69, 9.17) is 4.74 Å². The highest BCUT2D eigenvalue weighted by atomic mass is 16.5. The minimum Gasteiger partial charge on any atom is -0.375 e. The van der Waals surface area contributed by atoms with Crippen LogP contribution in [0.5, 0.6) is 0 Å². The van der Waals surface area contributed by atoms with Crippen molar-refractivity contribution >= 4 is 11.7 Å². The first-order valence-electron chi connectivity index (χ1n) is 9.33. The molecule has 2 N–H and O–H groups in total. The Hall–Kier alpha value is -2.08. The van der Waals surface area contributed by atoms with Crippen molar-refractivity contribution < 1.29 is 9.53 Å². The number of carbonyl (C=O) groups excluding carboxylic acids is 1. The molecule has 2 fully saturated rings. The number of hydrogen-bond acceptors (Lipinski definition) is 3. The number of pyridine rings is 1. The molecule has 0 unspecified atom stereocenters. The maximum absolute atomic E-state index is 12.2. The van der Waals surface area contributed by atoms with Crippen molar-refractivity contribution in [3.63, 3.8) is 0 Å². The van der Waals surface area contributed by atoms with Gasteiger partial charge in [-0.2, -0.15) is 0 Å². The molecule has 1 atom stereocenters. The van der Waals surface area contributed by atoms with E-state index in [-0.39, 0.29) is 17.7 Å². The van der Waals surface area contributed by atoms with E-state index in [9.17, 15) is 4.79 Å². The lowest BCUT2D eigenvalue weighted by atomic mass is 9.89. The molecule has 4 rings (SSSR count). The number of rotatable bonds is 4. The van der Waals surface area contributed by atoms with Gasteiger partial charge in [0.1, 0.15) is 5.65 Å². The van der Waals surface area contributed by atoms with Crippen LogP contribution in [-0.4, -0.2) is 40.2 Å². The topological polar surface area (TPSA) is 67.7 Å². The van der Waals surface area contributed by atoms with E-state index in [0.29, 0.717) is 6.54 Å². The highest BCUT2D eigenvalue weighted by Gasteiger charge is 2.40. The quantitative estimate of drug-likeness (QED) is 0.898. The van der Waals surface area contributed by atoms with E-state index in [1.165, 1.54) is 12.8 Å². The van der Waals surface area contributed by atoms with Crippen LogP contribution in [0.25, 0.3) is 5.65 Å². The van der Waals surface area contributed by atoms with E-state index < -0.39 is 0 Å². The molecule has 0 aromatic carbocycles. The lowest BCUT2D eigenvalue weighted by molar-refractivity contribution is -0.0820. The molecule has 0 bridgehead atoms. The van der Waals surface area contributed by atoms with Gasteiger partial charge in [0, 0.05) is 38.0 Å². The Morgan fingerprint density at radius 3 is 3.08 bits per heavy atom. The van der Waals surface area contributed by atoms with Gasteiger partial charge < -0.3 is 19.8 Å². The van der Waals surface area contributed by atoms with Crippen molar-refractivity contribution in [3.8, 4) is 0 Å². The zero-order chi connectivity index (χ0) is 17.1. The van der Waals surface area contributed by atoms with Crippen LogP contribution in [0.15, 0.2) is 30.6 Å². The van der Waals surface area contributed by atoms with Crippen LogP contribution >= 0.6 is 0 Å². The molecule has 1 aliphatic carbocycles. The van der Waals surface area contributed by atoms with Gasteiger partial charge in [-0.1, -0.05) is 18.9 Å². The third-order valence-electron chi connectivity index (χ3n) is 5.42. The van der Waals surface area contributed by atoms with Gasteiger partial charge >= 0.3 is 6.03 Å². The van der Waals surface area contributed by atoms with Crippen LogP contribution in [0.1, 0.15) is 44.2 Å². The summed E-state index contributed by atoms with van der Waals surface area (Å²) >= 11 is 0. The Labute approximate surface area is 148 Å². The molecule has 2 aromatic heterocycles. The van der Waals surface area contributed by atoms with Crippen molar-refractivity contribution in [1.29, 1.82) is 0 Å². The summed E-state index contributed by atoms with van der Waals surface area (Å²) in [5.74, 6) is 0. The van der Waals surface area contributed by atoms with Gasteiger partial charge in [0.25, 0.3) is 0 Å². The maximum Gasteiger partial charge on any atom is 0.315 e. The van der Waals surface area contributed by atoms with Crippen molar-refractivity contribution in [2.75, 3.05) is 13.2 Å². The third kappa shape index (κ3) is 3.79. The molecular formula is C19H26N4O2. The molecule has 6 heteroatoms. The first-order valence-corrected chi connectivity index (χ1v) is 9.33. The van der Waals surface area contributed by atoms with Gasteiger partial charge in [-0.25, -0.2) is 9.78 Å². The van der Waals surface area contributed by atoms with Gasteiger partial charge in [0.05, 0.1) is 11.3 Å². The van der Waals surface area contributed by atoms with Gasteiger partial charge in [-0.05, 0) is 37.8 Å². The number of nitrogens with zero attached hydrogens (tertiary/aromatic N) is 2. The molecule has 2 aromatic rings. The summed E-state index contributed by atoms with van der Waals surface area (Å²) in [5.41, 5.74) is 1.96. The molecular weight excluding hydrogens is 316 g/mol. The smallest absolute Gasteiger partial charge is 0.315 e. The second-order valence-corrected chi connectivity index (χ2v) is 7.28. The first-order chi connectivity index (χ1) is 12.2. The predicted octanol–water partition coefficient (Wildman–Crippen LogP) is 2.67. The minimum atomic E-state index is -0.0798. The van der Waals surface area contributed by atoms with Crippen LogP contribution in [0, 0.1) is 0 Å². The molecule has 2 aliphatic rings. The van der Waals surface area contributed by atoms with Crippen LogP contribution in [0.4, 0.5) is 4.79 Å². The Bertz CT molecular complexity index is 703. The van der Waals surface area contributed by atoms with E-state index in [1.54, 1.807) is 0 Å². The number of urea groups is 1. The largest absolute Gasteiger partial charge is 0.375 e. The number of carbonyl (C=O) groups is 1. The monoisotopic (exact) mass is 342 g/mol. The fraction of sp³-hybridized carbons (Fsp3) is 0.579. The number of hydrogen-bond donors (Lipinski definition) is 2. The standard InChI is InChI=1S/C19H26N4O2/c24-18(22-15-7-12-25-19(13-15)8-2-3-9-19)20-10-6-16-14-23-11-4-1-5-17(23)21-16/h1,4-5,11,14-15H,2-3,6-10,12-13H2,(H2,20,22,24)/t15-/m1/s1. The molecule has 3 heterocycles. The number of ether oxygens (including phenoxy) is 1. The fourth-order valence-corrected chi connectivity index (χ4v) is 4.17. The van der Waals surface area contributed by atoms with E-state index >= 15 is 0 Å². The van der Waals surface area contributed by atoms with Gasteiger partial charge in [0.2, 0.25) is 0 Å². The Balaban J connectivity index is 1.23. The second kappa shape index (κ2) is 7.04. The van der Waals surface area contributed by atoms with E-state index in [2.05, 4.69) is 15.6 Å². The summed E-state index contributed by atoms with van der Waals surface area (Å²) in [6, 6.07) is 6.08. The lowest BCUT2D eigenvalue weighted by Crippen LogP contribution is -2.50. The number of fused-ring (bicyclic) bond motifs is 1. The van der Waals surface area contributed by atoms with E-state index in [1.807, 2.05) is 35.0 Å². The lowest BCUT2D eigenvalue weighted by Gasteiger charge is -2.38. The molecule has 0 radical (unpaired) electrons. The number of imidazole rings is 1. The highest BCUT2D eigenvalue weighted by Crippen LogP contribution is 2.39. The van der Waals surface area contributed by atoms with Crippen LogP contribution < -0.4 is 10.6 Å². The highest BCUT2D eigenvalue weighted by molar-refractivity contribution is 5.74. The average molecular weight is 342 g/mol. The number of aromatic nitrogens is 2. The molecule has 134 valence electrons. The van der Waals surface area contributed by atoms with Gasteiger partial charge in [-0.3, -0.25) is 0 Å². The molecule has 1 saturated carbocycles. The normalized spacial score (nSPS) is 22.3. The third-order valence-corrected chi connectivity index (χ3v) is 5.42. The average Bonchev–Trinajstić information content (AvgIpc) is 3.21. The van der Waals surface area contributed by atoms with Crippen molar-refractivity contribution in [2.45, 2.75) is 56.6 Å². The molecule has 1 aliphatic heterocycles. The molecule has 25 heavy (non-hydrogen) atoms. The van der Waals surface area contributed by atoms with Gasteiger partial charge in [0.15, 0.2) is 0 Å². The summed E-state index contributed by atoms with van der Waals surface area (Å²) in [6.45, 7) is 1.34. The Kier molecular flexibility index (Phi) is 4.61.